The van der Waals surface area contributed by atoms with Crippen molar-refractivity contribution in [1.82, 2.24) is 0 Å². The Labute approximate surface area is 514 Å². The predicted octanol–water partition coefficient (Wildman–Crippen LogP) is 21.9. The van der Waals surface area contributed by atoms with Gasteiger partial charge in [0.05, 0.1) is 34.4 Å². The largest absolute Gasteiger partial charge is 0.477 e. The summed E-state index contributed by atoms with van der Waals surface area (Å²) in [5, 5.41) is 9.72. The number of hydrogen-bond acceptors (Lipinski definition) is 7. The van der Waals surface area contributed by atoms with Crippen molar-refractivity contribution in [2.24, 2.45) is 0 Å². The van der Waals surface area contributed by atoms with Crippen LogP contribution in [-0.4, -0.2) is 87.4 Å². The Hall–Kier alpha value is -3.01. The van der Waals surface area contributed by atoms with E-state index in [0.717, 1.165) is 70.6 Å². The van der Waals surface area contributed by atoms with E-state index in [2.05, 4.69) is 74.6 Å². The SMILES string of the molecule is CC/C=C\C/C=C\C/C=C\CCCCCCCCCC(=O)OC(COC(=O)CCCCCCCCCCCCCCCCCCCCCCCCCCCCCCC/C=C\C/C=C\CCCCCCC)COC(OCC[N+](C)(C)C)C(=O)O. The highest BCUT2D eigenvalue weighted by Crippen LogP contribution is 2.18. The average Bonchev–Trinajstić information content (AvgIpc) is 3.46. The highest BCUT2D eigenvalue weighted by Gasteiger charge is 2.25. The maximum Gasteiger partial charge on any atom is 0.361 e. The summed E-state index contributed by atoms with van der Waals surface area (Å²) in [5.74, 6) is -2.00. The predicted molar refractivity (Wildman–Crippen MR) is 355 cm³/mol. The van der Waals surface area contributed by atoms with Crippen LogP contribution in [0.15, 0.2) is 60.8 Å². The number of nitrogens with zero attached hydrogens (tertiary/aromatic N) is 1. The van der Waals surface area contributed by atoms with Gasteiger partial charge in [0.25, 0.3) is 6.29 Å². The number of hydrogen-bond donors (Lipinski definition) is 1. The fraction of sp³-hybridized carbons (Fsp3) is 0.824. The lowest BCUT2D eigenvalue weighted by Gasteiger charge is -2.25. The first-order valence-electron chi connectivity index (χ1n) is 35.5. The van der Waals surface area contributed by atoms with Crippen molar-refractivity contribution in [2.75, 3.05) is 47.5 Å². The molecule has 0 spiro atoms. The molecule has 0 aliphatic rings. The van der Waals surface area contributed by atoms with Crippen LogP contribution in [0.5, 0.6) is 0 Å². The van der Waals surface area contributed by atoms with Gasteiger partial charge in [-0.25, -0.2) is 4.79 Å². The molecule has 0 aromatic rings. The zero-order chi connectivity index (χ0) is 60.5. The van der Waals surface area contributed by atoms with Crippen LogP contribution in [0.3, 0.4) is 0 Å². The van der Waals surface area contributed by atoms with Crippen molar-refractivity contribution in [3.63, 3.8) is 0 Å². The molecular weight excluding hydrogens is 1030 g/mol. The number of rotatable bonds is 66. The monoisotopic (exact) mass is 1170 g/mol. The normalized spacial score (nSPS) is 13.0. The number of esters is 2. The summed E-state index contributed by atoms with van der Waals surface area (Å²) in [6.07, 6.45) is 82.2. The highest BCUT2D eigenvalue weighted by atomic mass is 16.7. The molecule has 1 N–H and O–H groups in total. The van der Waals surface area contributed by atoms with Crippen LogP contribution in [-0.2, 0) is 33.3 Å². The van der Waals surface area contributed by atoms with Crippen LogP contribution in [0, 0.1) is 0 Å². The van der Waals surface area contributed by atoms with Crippen LogP contribution in [0.1, 0.15) is 335 Å². The summed E-state index contributed by atoms with van der Waals surface area (Å²) < 4.78 is 22.9. The zero-order valence-corrected chi connectivity index (χ0v) is 55.4. The quantitative estimate of drug-likeness (QED) is 0.0211. The Morgan fingerprint density at radius 3 is 1.02 bits per heavy atom. The number of carboxylic acid groups (broad SMARTS) is 1. The molecule has 9 nitrogen and oxygen atoms in total. The second-order valence-electron chi connectivity index (χ2n) is 25.2. The van der Waals surface area contributed by atoms with Gasteiger partial charge < -0.3 is 28.5 Å². The molecule has 0 bridgehead atoms. The Morgan fingerprint density at radius 2 is 0.687 bits per heavy atom. The van der Waals surface area contributed by atoms with Gasteiger partial charge in [0.15, 0.2) is 6.10 Å². The van der Waals surface area contributed by atoms with Crippen LogP contribution >= 0.6 is 0 Å². The number of unbranched alkanes of at least 4 members (excludes halogenated alkanes) is 41. The summed E-state index contributed by atoms with van der Waals surface area (Å²) in [6, 6.07) is 0. The van der Waals surface area contributed by atoms with E-state index < -0.39 is 24.3 Å². The third-order valence-corrected chi connectivity index (χ3v) is 15.8. The van der Waals surface area contributed by atoms with Gasteiger partial charge in [-0.2, -0.15) is 0 Å². The van der Waals surface area contributed by atoms with Gasteiger partial charge in [0, 0.05) is 12.8 Å². The summed E-state index contributed by atoms with van der Waals surface area (Å²) in [4.78, 5) is 37.5. The van der Waals surface area contributed by atoms with Crippen LogP contribution < -0.4 is 0 Å². The van der Waals surface area contributed by atoms with Gasteiger partial charge in [-0.05, 0) is 77.0 Å². The molecular formula is C74H136NO8+. The summed E-state index contributed by atoms with van der Waals surface area (Å²) in [6.45, 7) is 4.78. The molecule has 0 radical (unpaired) electrons. The third-order valence-electron chi connectivity index (χ3n) is 15.8. The lowest BCUT2D eigenvalue weighted by Crippen LogP contribution is -2.40. The average molecular weight is 1170 g/mol. The van der Waals surface area contributed by atoms with Crippen LogP contribution in [0.2, 0.25) is 0 Å². The lowest BCUT2D eigenvalue weighted by atomic mass is 10.0. The van der Waals surface area contributed by atoms with E-state index in [1.807, 2.05) is 21.1 Å². The van der Waals surface area contributed by atoms with Gasteiger partial charge in [-0.3, -0.25) is 9.59 Å². The van der Waals surface area contributed by atoms with Gasteiger partial charge in [0.1, 0.15) is 13.2 Å². The topological polar surface area (TPSA) is 108 Å². The minimum Gasteiger partial charge on any atom is -0.477 e. The Morgan fingerprint density at radius 1 is 0.373 bits per heavy atom. The minimum absolute atomic E-state index is 0.184. The summed E-state index contributed by atoms with van der Waals surface area (Å²) in [5.41, 5.74) is 0. The molecule has 2 atom stereocenters. The first-order valence-corrected chi connectivity index (χ1v) is 35.5. The van der Waals surface area contributed by atoms with Crippen molar-refractivity contribution in [2.45, 2.75) is 347 Å². The minimum atomic E-state index is -1.51. The number of quaternary nitrogens is 1. The fourth-order valence-corrected chi connectivity index (χ4v) is 10.4. The molecule has 0 fully saturated rings. The van der Waals surface area contributed by atoms with Crippen molar-refractivity contribution < 1.29 is 42.9 Å². The molecule has 9 heteroatoms. The molecule has 0 saturated heterocycles. The summed E-state index contributed by atoms with van der Waals surface area (Å²) >= 11 is 0. The summed E-state index contributed by atoms with van der Waals surface area (Å²) in [7, 11) is 5.97. The number of carbonyl (C=O) groups is 3. The molecule has 0 rings (SSSR count). The van der Waals surface area contributed by atoms with Gasteiger partial charge in [-0.15, -0.1) is 0 Å². The van der Waals surface area contributed by atoms with E-state index >= 15 is 0 Å². The van der Waals surface area contributed by atoms with E-state index in [-0.39, 0.29) is 32.2 Å². The van der Waals surface area contributed by atoms with Crippen molar-refractivity contribution >= 4 is 17.9 Å². The molecule has 2 unspecified atom stereocenters. The molecule has 0 aliphatic heterocycles. The van der Waals surface area contributed by atoms with Crippen LogP contribution in [0.4, 0.5) is 0 Å². The van der Waals surface area contributed by atoms with Crippen LogP contribution in [0.25, 0.3) is 0 Å². The van der Waals surface area contributed by atoms with E-state index in [9.17, 15) is 19.5 Å². The van der Waals surface area contributed by atoms with Gasteiger partial charge >= 0.3 is 17.9 Å². The second kappa shape index (κ2) is 65.0. The molecule has 0 amide bonds. The molecule has 0 aliphatic carbocycles. The lowest BCUT2D eigenvalue weighted by molar-refractivity contribution is -0.870. The Kier molecular flexibility index (Phi) is 62.6. The van der Waals surface area contributed by atoms with Crippen molar-refractivity contribution in [1.29, 1.82) is 0 Å². The van der Waals surface area contributed by atoms with Gasteiger partial charge in [-0.1, -0.05) is 306 Å². The van der Waals surface area contributed by atoms with Gasteiger partial charge in [0.2, 0.25) is 0 Å². The van der Waals surface area contributed by atoms with E-state index in [4.69, 9.17) is 18.9 Å². The number of carbonyl (C=O) groups excluding carboxylic acids is 2. The Bertz CT molecular complexity index is 1550. The molecule has 0 heterocycles. The standard InChI is InChI=1S/C74H135NO8/c1-6-8-10-12-14-16-18-20-22-24-25-26-27-28-29-30-31-32-33-34-35-36-37-38-39-40-41-42-43-44-45-46-47-49-50-52-54-56-58-60-62-64-71(76)81-68-70(69-82-74(73(78)79)80-67-66-75(3,4)5)83-72(77)65-63-61-59-57-55-53-51-48-23-21-19-17-15-13-11-9-7-2/h9,11,15,17-18,20-21,23-25,70,74H,6-8,10,12-14,16,19,22,26-69H2,1-5H3/p+1/b11-9-,17-15-,20-18-,23-21-,25-24-. The number of carboxylic acids is 1. The number of aliphatic carboxylic acids is 1. The van der Waals surface area contributed by atoms with E-state index in [0.29, 0.717) is 23.9 Å². The first kappa shape index (κ1) is 80.0. The highest BCUT2D eigenvalue weighted by molar-refractivity contribution is 5.71. The van der Waals surface area contributed by atoms with E-state index in [1.165, 1.54) is 231 Å². The first-order chi connectivity index (χ1) is 40.6. The molecule has 0 saturated carbocycles. The number of allylic oxidation sites excluding steroid dienone is 10. The third kappa shape index (κ3) is 66.4. The molecule has 83 heavy (non-hydrogen) atoms. The zero-order valence-electron chi connectivity index (χ0n) is 55.4. The molecule has 0 aromatic heterocycles. The molecule has 484 valence electrons. The Balaban J connectivity index is 3.90. The second-order valence-corrected chi connectivity index (χ2v) is 25.2. The maximum atomic E-state index is 12.9. The van der Waals surface area contributed by atoms with E-state index in [1.54, 1.807) is 0 Å². The number of likely N-dealkylation sites (N-methyl/N-ethyl adjacent to an activating group) is 1. The van der Waals surface area contributed by atoms with Crippen molar-refractivity contribution in [3.05, 3.63) is 60.8 Å². The number of ether oxygens (including phenoxy) is 4. The molecule has 0 aromatic carbocycles. The smallest absolute Gasteiger partial charge is 0.361 e. The maximum absolute atomic E-state index is 12.9. The van der Waals surface area contributed by atoms with Crippen molar-refractivity contribution in [3.8, 4) is 0 Å². The fourth-order valence-electron chi connectivity index (χ4n) is 10.4.